The first-order valence-corrected chi connectivity index (χ1v) is 8.33. The second-order valence-electron chi connectivity index (χ2n) is 4.36. The molecule has 1 fully saturated rings. The van der Waals surface area contributed by atoms with Gasteiger partial charge in [-0.2, -0.15) is 0 Å². The summed E-state index contributed by atoms with van der Waals surface area (Å²) in [5, 5.41) is 0. The maximum atomic E-state index is 11.8. The van der Waals surface area contributed by atoms with Crippen molar-refractivity contribution in [2.24, 2.45) is 0 Å². The minimum Gasteiger partial charge on any atom is -0.377 e. The molecule has 100 valence electrons. The fraction of sp³-hybridized carbons (Fsp3) is 0.500. The third-order valence-corrected chi connectivity index (χ3v) is 4.76. The molecule has 0 radical (unpaired) electrons. The molecule has 0 aliphatic carbocycles. The van der Waals surface area contributed by atoms with E-state index < -0.39 is 10.0 Å². The number of halogens is 1. The molecule has 1 aliphatic rings. The third-order valence-electron chi connectivity index (χ3n) is 2.84. The van der Waals surface area contributed by atoms with E-state index in [1.165, 1.54) is 0 Å². The van der Waals surface area contributed by atoms with Gasteiger partial charge in [0.25, 0.3) is 0 Å². The van der Waals surface area contributed by atoms with Gasteiger partial charge in [0.05, 0.1) is 11.9 Å². The Balaban J connectivity index is 1.86. The van der Waals surface area contributed by atoms with E-state index in [4.69, 9.17) is 4.74 Å². The molecule has 0 bridgehead atoms. The Morgan fingerprint density at radius 3 is 2.67 bits per heavy atom. The summed E-state index contributed by atoms with van der Waals surface area (Å²) in [7, 11) is -3.26. The van der Waals surface area contributed by atoms with Gasteiger partial charge in [-0.15, -0.1) is 0 Å². The molecule has 4 nitrogen and oxygen atoms in total. The molecule has 1 saturated heterocycles. The lowest BCUT2D eigenvalue weighted by atomic mass is 10.2. The molecule has 1 heterocycles. The highest BCUT2D eigenvalue weighted by Gasteiger charge is 2.22. The maximum Gasteiger partial charge on any atom is 0.214 e. The molecule has 0 saturated carbocycles. The van der Waals surface area contributed by atoms with Crippen molar-refractivity contribution in [2.75, 3.05) is 12.4 Å². The van der Waals surface area contributed by atoms with E-state index in [0.29, 0.717) is 13.2 Å². The van der Waals surface area contributed by atoms with E-state index in [1.807, 2.05) is 24.3 Å². The molecule has 1 N–H and O–H groups in total. The van der Waals surface area contributed by atoms with Crippen molar-refractivity contribution < 1.29 is 13.2 Å². The molecule has 0 amide bonds. The molecule has 1 aliphatic heterocycles. The van der Waals surface area contributed by atoms with Crippen molar-refractivity contribution >= 4 is 26.0 Å². The maximum absolute atomic E-state index is 11.8. The van der Waals surface area contributed by atoms with Crippen LogP contribution in [0.4, 0.5) is 0 Å². The van der Waals surface area contributed by atoms with Crippen molar-refractivity contribution in [1.82, 2.24) is 4.72 Å². The van der Waals surface area contributed by atoms with Gasteiger partial charge in [-0.3, -0.25) is 0 Å². The summed E-state index contributed by atoms with van der Waals surface area (Å²) in [6.45, 7) is 0.995. The van der Waals surface area contributed by atoms with Gasteiger partial charge >= 0.3 is 0 Å². The van der Waals surface area contributed by atoms with Crippen LogP contribution in [0.25, 0.3) is 0 Å². The number of hydrogen-bond acceptors (Lipinski definition) is 3. The number of benzene rings is 1. The van der Waals surface area contributed by atoms with E-state index >= 15 is 0 Å². The van der Waals surface area contributed by atoms with Gasteiger partial charge in [0.15, 0.2) is 0 Å². The Morgan fingerprint density at radius 1 is 1.33 bits per heavy atom. The molecule has 1 aromatic carbocycles. The quantitative estimate of drug-likeness (QED) is 0.897. The third kappa shape index (κ3) is 4.35. The van der Waals surface area contributed by atoms with Crippen LogP contribution in [0.2, 0.25) is 0 Å². The zero-order valence-corrected chi connectivity index (χ0v) is 12.3. The van der Waals surface area contributed by atoms with Crippen molar-refractivity contribution in [3.05, 3.63) is 34.3 Å². The van der Waals surface area contributed by atoms with Crippen LogP contribution in [0.3, 0.4) is 0 Å². The molecular formula is C12H16BrNO3S. The van der Waals surface area contributed by atoms with Gasteiger partial charge in [0, 0.05) is 17.6 Å². The van der Waals surface area contributed by atoms with Gasteiger partial charge in [-0.1, -0.05) is 28.1 Å². The van der Waals surface area contributed by atoms with E-state index in [-0.39, 0.29) is 11.9 Å². The van der Waals surface area contributed by atoms with Crippen molar-refractivity contribution in [1.29, 1.82) is 0 Å². The smallest absolute Gasteiger partial charge is 0.214 e. The summed E-state index contributed by atoms with van der Waals surface area (Å²) in [4.78, 5) is 0. The monoisotopic (exact) mass is 333 g/mol. The second-order valence-corrected chi connectivity index (χ2v) is 7.13. The molecule has 2 rings (SSSR count). The van der Waals surface area contributed by atoms with Gasteiger partial charge in [0.1, 0.15) is 0 Å². The van der Waals surface area contributed by atoms with E-state index in [2.05, 4.69) is 20.7 Å². The second kappa shape index (κ2) is 6.14. The van der Waals surface area contributed by atoms with Gasteiger partial charge in [-0.05, 0) is 30.5 Å². The molecule has 1 atom stereocenters. The van der Waals surface area contributed by atoms with Gasteiger partial charge < -0.3 is 4.74 Å². The topological polar surface area (TPSA) is 55.4 Å². The number of nitrogens with one attached hydrogen (secondary N) is 1. The molecule has 1 aromatic rings. The molecule has 1 unspecified atom stereocenters. The predicted molar refractivity (Wildman–Crippen MR) is 73.7 cm³/mol. The summed E-state index contributed by atoms with van der Waals surface area (Å²) in [6, 6.07) is 7.56. The van der Waals surface area contributed by atoms with E-state index in [1.54, 1.807) is 0 Å². The first-order valence-electron chi connectivity index (χ1n) is 5.88. The number of rotatable bonds is 5. The average Bonchev–Trinajstić information content (AvgIpc) is 2.80. The summed E-state index contributed by atoms with van der Waals surface area (Å²) in [5.74, 6) is 0.0591. The zero-order valence-electron chi connectivity index (χ0n) is 9.93. The van der Waals surface area contributed by atoms with Crippen LogP contribution < -0.4 is 4.72 Å². The Bertz CT molecular complexity index is 481. The largest absolute Gasteiger partial charge is 0.377 e. The molecular weight excluding hydrogens is 318 g/mol. The van der Waals surface area contributed by atoms with Crippen molar-refractivity contribution in [2.45, 2.75) is 25.5 Å². The van der Waals surface area contributed by atoms with Crippen molar-refractivity contribution in [3.8, 4) is 0 Å². The summed E-state index contributed by atoms with van der Waals surface area (Å²) >= 11 is 3.34. The first kappa shape index (κ1) is 14.0. The summed E-state index contributed by atoms with van der Waals surface area (Å²) in [6.07, 6.45) is 1.64. The Kier molecular flexibility index (Phi) is 4.77. The van der Waals surface area contributed by atoms with Gasteiger partial charge in [0.2, 0.25) is 10.0 Å². The van der Waals surface area contributed by atoms with E-state index in [0.717, 1.165) is 22.9 Å². The predicted octanol–water partition coefficient (Wildman–Crippen LogP) is 2.05. The van der Waals surface area contributed by atoms with Crippen molar-refractivity contribution in [3.63, 3.8) is 0 Å². The number of hydrogen-bond donors (Lipinski definition) is 1. The highest BCUT2D eigenvalue weighted by Crippen LogP contribution is 2.14. The Hall–Kier alpha value is -0.430. The minimum absolute atomic E-state index is 0.0591. The summed E-state index contributed by atoms with van der Waals surface area (Å²) in [5.41, 5.74) is 0.939. The number of ether oxygens (including phenoxy) is 1. The first-order chi connectivity index (χ1) is 8.55. The lowest BCUT2D eigenvalue weighted by Crippen LogP contribution is -2.31. The normalized spacial score (nSPS) is 20.2. The molecule has 18 heavy (non-hydrogen) atoms. The van der Waals surface area contributed by atoms with Crippen LogP contribution in [0, 0.1) is 0 Å². The van der Waals surface area contributed by atoms with E-state index in [9.17, 15) is 8.42 Å². The number of sulfonamides is 1. The minimum atomic E-state index is -3.26. The van der Waals surface area contributed by atoms with Gasteiger partial charge in [-0.25, -0.2) is 13.1 Å². The fourth-order valence-electron chi connectivity index (χ4n) is 1.87. The standard InChI is InChI=1S/C12H16BrNO3S/c13-11-5-3-10(4-6-11)8-14-18(15,16)9-12-2-1-7-17-12/h3-6,12,14H,1-2,7-9H2. The SMILES string of the molecule is O=S(=O)(CC1CCCO1)NCc1ccc(Br)cc1. The summed E-state index contributed by atoms with van der Waals surface area (Å²) < 4.78 is 32.6. The van der Waals surface area contributed by atoms with Crippen LogP contribution in [0.1, 0.15) is 18.4 Å². The Labute approximate surface area is 116 Å². The average molecular weight is 334 g/mol. The van der Waals surface area contributed by atoms with Crippen LogP contribution in [0.5, 0.6) is 0 Å². The highest BCUT2D eigenvalue weighted by atomic mass is 79.9. The lowest BCUT2D eigenvalue weighted by molar-refractivity contribution is 0.127. The van der Waals surface area contributed by atoms with Crippen LogP contribution in [0.15, 0.2) is 28.7 Å². The molecule has 0 spiro atoms. The van der Waals surface area contributed by atoms with Crippen LogP contribution >= 0.6 is 15.9 Å². The highest BCUT2D eigenvalue weighted by molar-refractivity contribution is 9.10. The van der Waals surface area contributed by atoms with Crippen LogP contribution in [-0.2, 0) is 21.3 Å². The lowest BCUT2D eigenvalue weighted by Gasteiger charge is -2.11. The Morgan fingerprint density at radius 2 is 2.06 bits per heavy atom. The molecule has 6 heteroatoms. The fourth-order valence-corrected chi connectivity index (χ4v) is 3.40. The van der Waals surface area contributed by atoms with Crippen LogP contribution in [-0.4, -0.2) is 26.9 Å². The molecule has 0 aromatic heterocycles. The zero-order chi connectivity index (χ0) is 13.0.